The molecule has 18 heavy (non-hydrogen) atoms. The lowest BCUT2D eigenvalue weighted by Crippen LogP contribution is -2.21. The van der Waals surface area contributed by atoms with Gasteiger partial charge in [0.2, 0.25) is 0 Å². The molecular weight excluding hydrogens is 294 g/mol. The molecule has 0 saturated carbocycles. The Balaban J connectivity index is 1.86. The van der Waals surface area contributed by atoms with E-state index >= 15 is 0 Å². The van der Waals surface area contributed by atoms with Crippen molar-refractivity contribution in [2.75, 3.05) is 19.8 Å². The zero-order valence-electron chi connectivity index (χ0n) is 11.0. The minimum Gasteiger partial charge on any atom is -0.493 e. The lowest BCUT2D eigenvalue weighted by atomic mass is 10.1. The third-order valence-corrected chi connectivity index (χ3v) is 3.33. The van der Waals surface area contributed by atoms with Crippen LogP contribution in [0.4, 0.5) is 0 Å². The Bertz CT molecular complexity index is 407. The molecule has 1 aliphatic heterocycles. The van der Waals surface area contributed by atoms with Crippen LogP contribution in [0.25, 0.3) is 0 Å². The van der Waals surface area contributed by atoms with Gasteiger partial charge >= 0.3 is 0 Å². The van der Waals surface area contributed by atoms with E-state index in [0.29, 0.717) is 6.10 Å². The Hall–Kier alpha value is -0.580. The van der Waals surface area contributed by atoms with Crippen LogP contribution in [0.5, 0.6) is 5.75 Å². The quantitative estimate of drug-likeness (QED) is 0.819. The number of ether oxygens (including phenoxy) is 2. The Morgan fingerprint density at radius 3 is 3.06 bits per heavy atom. The van der Waals surface area contributed by atoms with Gasteiger partial charge in [-0.15, -0.1) is 0 Å². The Kier molecular flexibility index (Phi) is 5.03. The topological polar surface area (TPSA) is 30.5 Å². The molecule has 0 amide bonds. The fourth-order valence-corrected chi connectivity index (χ4v) is 2.62. The molecule has 2 rings (SSSR count). The van der Waals surface area contributed by atoms with Crippen molar-refractivity contribution in [3.63, 3.8) is 0 Å². The maximum Gasteiger partial charge on any atom is 0.127 e. The van der Waals surface area contributed by atoms with Crippen LogP contribution in [0.1, 0.15) is 25.0 Å². The molecule has 1 aromatic carbocycles. The second-order valence-electron chi connectivity index (χ2n) is 4.75. The van der Waals surface area contributed by atoms with Gasteiger partial charge in [0.05, 0.1) is 19.3 Å². The van der Waals surface area contributed by atoms with E-state index in [2.05, 4.69) is 47.2 Å². The first-order valence-corrected chi connectivity index (χ1v) is 7.22. The average molecular weight is 314 g/mol. The van der Waals surface area contributed by atoms with E-state index in [9.17, 15) is 0 Å². The molecule has 1 aliphatic rings. The van der Waals surface area contributed by atoms with Crippen molar-refractivity contribution in [2.45, 2.75) is 32.9 Å². The normalized spacial score (nSPS) is 13.8. The summed E-state index contributed by atoms with van der Waals surface area (Å²) in [6, 6.07) is 4.27. The first-order valence-electron chi connectivity index (χ1n) is 6.43. The Morgan fingerprint density at radius 2 is 2.28 bits per heavy atom. The molecule has 100 valence electrons. The summed E-state index contributed by atoms with van der Waals surface area (Å²) in [6.07, 6.45) is 1.31. The van der Waals surface area contributed by atoms with Crippen molar-refractivity contribution in [3.05, 3.63) is 27.7 Å². The average Bonchev–Trinajstić information content (AvgIpc) is 2.75. The second kappa shape index (κ2) is 6.55. The number of rotatable bonds is 6. The van der Waals surface area contributed by atoms with Crippen LogP contribution in [-0.4, -0.2) is 25.9 Å². The van der Waals surface area contributed by atoms with Gasteiger partial charge in [-0.1, -0.05) is 15.9 Å². The van der Waals surface area contributed by atoms with Crippen LogP contribution in [0.2, 0.25) is 0 Å². The zero-order valence-corrected chi connectivity index (χ0v) is 12.5. The van der Waals surface area contributed by atoms with Crippen molar-refractivity contribution < 1.29 is 9.47 Å². The van der Waals surface area contributed by atoms with E-state index in [0.717, 1.165) is 42.9 Å². The molecule has 0 fully saturated rings. The lowest BCUT2D eigenvalue weighted by Gasteiger charge is -2.11. The zero-order chi connectivity index (χ0) is 13.0. The van der Waals surface area contributed by atoms with Crippen molar-refractivity contribution in [2.24, 2.45) is 0 Å². The van der Waals surface area contributed by atoms with Gasteiger partial charge < -0.3 is 14.8 Å². The van der Waals surface area contributed by atoms with Crippen LogP contribution >= 0.6 is 15.9 Å². The first-order chi connectivity index (χ1) is 8.66. The monoisotopic (exact) mass is 313 g/mol. The number of hydrogen-bond acceptors (Lipinski definition) is 3. The highest BCUT2D eigenvalue weighted by Gasteiger charge is 2.16. The van der Waals surface area contributed by atoms with Gasteiger partial charge in [-0.2, -0.15) is 0 Å². The highest BCUT2D eigenvalue weighted by molar-refractivity contribution is 9.10. The molecule has 0 atom stereocenters. The summed E-state index contributed by atoms with van der Waals surface area (Å²) in [6.45, 7) is 7.33. The van der Waals surface area contributed by atoms with Crippen molar-refractivity contribution in [1.82, 2.24) is 5.32 Å². The molecule has 4 heteroatoms. The summed E-state index contributed by atoms with van der Waals surface area (Å²) in [4.78, 5) is 0. The molecule has 0 spiro atoms. The maximum atomic E-state index is 5.69. The van der Waals surface area contributed by atoms with Crippen LogP contribution in [0.15, 0.2) is 16.6 Å². The SMILES string of the molecule is CC(C)OCCNCc1cc(Br)cc2c1OCC2. The summed E-state index contributed by atoms with van der Waals surface area (Å²) in [5.41, 5.74) is 2.53. The molecule has 0 unspecified atom stereocenters. The van der Waals surface area contributed by atoms with Crippen molar-refractivity contribution in [3.8, 4) is 5.75 Å². The predicted molar refractivity (Wildman–Crippen MR) is 76.1 cm³/mol. The fourth-order valence-electron chi connectivity index (χ4n) is 2.07. The highest BCUT2D eigenvalue weighted by atomic mass is 79.9. The molecule has 1 heterocycles. The standard InChI is InChI=1S/C14H20BrNO2/c1-10(2)17-6-4-16-9-12-8-13(15)7-11-3-5-18-14(11)12/h7-8,10,16H,3-6,9H2,1-2H3. The molecule has 1 aromatic rings. The summed E-state index contributed by atoms with van der Waals surface area (Å²) >= 11 is 3.55. The molecule has 0 aromatic heterocycles. The van der Waals surface area contributed by atoms with E-state index in [1.807, 2.05) is 0 Å². The van der Waals surface area contributed by atoms with E-state index in [1.165, 1.54) is 11.1 Å². The number of fused-ring (bicyclic) bond motifs is 1. The van der Waals surface area contributed by atoms with Crippen LogP contribution in [0.3, 0.4) is 0 Å². The molecule has 0 bridgehead atoms. The minimum atomic E-state index is 0.297. The third-order valence-electron chi connectivity index (χ3n) is 2.87. The molecule has 0 saturated heterocycles. The van der Waals surface area contributed by atoms with Crippen molar-refractivity contribution >= 4 is 15.9 Å². The van der Waals surface area contributed by atoms with Gasteiger partial charge in [0.1, 0.15) is 5.75 Å². The van der Waals surface area contributed by atoms with Gasteiger partial charge in [-0.25, -0.2) is 0 Å². The van der Waals surface area contributed by atoms with Crippen LogP contribution in [0, 0.1) is 0 Å². The fraction of sp³-hybridized carbons (Fsp3) is 0.571. The largest absolute Gasteiger partial charge is 0.493 e. The first kappa shape index (κ1) is 13.8. The molecule has 0 radical (unpaired) electrons. The lowest BCUT2D eigenvalue weighted by molar-refractivity contribution is 0.0807. The van der Waals surface area contributed by atoms with E-state index < -0.39 is 0 Å². The summed E-state index contributed by atoms with van der Waals surface area (Å²) < 4.78 is 12.3. The van der Waals surface area contributed by atoms with Gasteiger partial charge in [-0.05, 0) is 31.5 Å². The van der Waals surface area contributed by atoms with Gasteiger partial charge in [0, 0.05) is 29.5 Å². The van der Waals surface area contributed by atoms with E-state index in [-0.39, 0.29) is 0 Å². The summed E-state index contributed by atoms with van der Waals surface area (Å²) in [5, 5.41) is 3.39. The maximum absolute atomic E-state index is 5.69. The van der Waals surface area contributed by atoms with E-state index in [4.69, 9.17) is 9.47 Å². The Labute approximate surface area is 117 Å². The molecule has 3 nitrogen and oxygen atoms in total. The van der Waals surface area contributed by atoms with Gasteiger partial charge in [0.15, 0.2) is 0 Å². The molecular formula is C14H20BrNO2. The minimum absolute atomic E-state index is 0.297. The Morgan fingerprint density at radius 1 is 1.44 bits per heavy atom. The number of hydrogen-bond donors (Lipinski definition) is 1. The van der Waals surface area contributed by atoms with E-state index in [1.54, 1.807) is 0 Å². The molecule has 0 aliphatic carbocycles. The van der Waals surface area contributed by atoms with Gasteiger partial charge in [0.25, 0.3) is 0 Å². The predicted octanol–water partition coefficient (Wildman–Crippen LogP) is 2.90. The summed E-state index contributed by atoms with van der Waals surface area (Å²) in [5.74, 6) is 1.07. The van der Waals surface area contributed by atoms with Gasteiger partial charge in [-0.3, -0.25) is 0 Å². The van der Waals surface area contributed by atoms with Crippen molar-refractivity contribution in [1.29, 1.82) is 0 Å². The van der Waals surface area contributed by atoms with Crippen LogP contribution in [-0.2, 0) is 17.7 Å². The van der Waals surface area contributed by atoms with Crippen LogP contribution < -0.4 is 10.1 Å². The third kappa shape index (κ3) is 3.70. The number of nitrogens with one attached hydrogen (secondary N) is 1. The highest BCUT2D eigenvalue weighted by Crippen LogP contribution is 2.32. The molecule has 1 N–H and O–H groups in total. The summed E-state index contributed by atoms with van der Waals surface area (Å²) in [7, 11) is 0. The number of halogens is 1. The smallest absolute Gasteiger partial charge is 0.127 e. The number of benzene rings is 1. The second-order valence-corrected chi connectivity index (χ2v) is 5.66.